The number of imide groups is 1. The number of hydrogen-bond donors (Lipinski definition) is 2. The van der Waals surface area contributed by atoms with Crippen molar-refractivity contribution in [1.29, 1.82) is 0 Å². The third kappa shape index (κ3) is 4.01. The van der Waals surface area contributed by atoms with E-state index in [1.54, 1.807) is 4.90 Å². The number of nitrogens with one attached hydrogen (secondary N) is 2. The highest BCUT2D eigenvalue weighted by Crippen LogP contribution is 2.41. The van der Waals surface area contributed by atoms with Gasteiger partial charge in [-0.2, -0.15) is 0 Å². The van der Waals surface area contributed by atoms with Crippen LogP contribution in [0.3, 0.4) is 0 Å². The first-order chi connectivity index (χ1) is 14.9. The molecule has 5 amide bonds. The summed E-state index contributed by atoms with van der Waals surface area (Å²) in [6, 6.07) is 7.13. The van der Waals surface area contributed by atoms with Gasteiger partial charge in [-0.3, -0.25) is 24.2 Å². The van der Waals surface area contributed by atoms with Crippen LogP contribution in [0, 0.1) is 0 Å². The molecule has 1 aromatic carbocycles. The molecule has 2 fully saturated rings. The van der Waals surface area contributed by atoms with E-state index in [1.165, 1.54) is 0 Å². The number of nitrogens with zero attached hydrogens (tertiary/aromatic N) is 3. The topological polar surface area (TPSA) is 102 Å². The SMILES string of the molecule is CCNC(=O)CN1CCCN(C(=O)CN2C(=O)NC3(CCc4ccccc43)C2=O)CC1. The second-order valence-electron chi connectivity index (χ2n) is 8.35. The van der Waals surface area contributed by atoms with Crippen molar-refractivity contribution in [2.24, 2.45) is 0 Å². The molecule has 3 aliphatic rings. The highest BCUT2D eigenvalue weighted by atomic mass is 16.2. The van der Waals surface area contributed by atoms with Gasteiger partial charge in [0.15, 0.2) is 0 Å². The van der Waals surface area contributed by atoms with Crippen molar-refractivity contribution in [1.82, 2.24) is 25.3 Å². The molecule has 1 spiro atoms. The van der Waals surface area contributed by atoms with E-state index >= 15 is 0 Å². The Balaban J connectivity index is 1.38. The largest absolute Gasteiger partial charge is 0.355 e. The van der Waals surface area contributed by atoms with Crippen molar-refractivity contribution in [3.8, 4) is 0 Å². The average molecular weight is 428 g/mol. The molecule has 2 heterocycles. The van der Waals surface area contributed by atoms with E-state index in [4.69, 9.17) is 0 Å². The molecule has 9 nitrogen and oxygen atoms in total. The van der Waals surface area contributed by atoms with Gasteiger partial charge in [0.25, 0.3) is 5.91 Å². The predicted octanol–water partition coefficient (Wildman–Crippen LogP) is 0.0503. The summed E-state index contributed by atoms with van der Waals surface area (Å²) in [5, 5.41) is 5.65. The van der Waals surface area contributed by atoms with Gasteiger partial charge in [0.1, 0.15) is 12.1 Å². The highest BCUT2D eigenvalue weighted by molar-refractivity contribution is 6.09. The van der Waals surface area contributed by atoms with E-state index in [0.717, 1.165) is 35.4 Å². The Morgan fingerprint density at radius 1 is 1.10 bits per heavy atom. The van der Waals surface area contributed by atoms with E-state index in [-0.39, 0.29) is 24.3 Å². The Morgan fingerprint density at radius 3 is 2.71 bits per heavy atom. The van der Waals surface area contributed by atoms with Gasteiger partial charge >= 0.3 is 6.03 Å². The minimum absolute atomic E-state index is 0.0243. The highest BCUT2D eigenvalue weighted by Gasteiger charge is 2.55. The Kier molecular flexibility index (Phi) is 5.95. The zero-order valence-electron chi connectivity index (χ0n) is 17.9. The van der Waals surface area contributed by atoms with Crippen LogP contribution in [0.4, 0.5) is 4.79 Å². The lowest BCUT2D eigenvalue weighted by atomic mass is 9.92. The van der Waals surface area contributed by atoms with Gasteiger partial charge in [0.2, 0.25) is 11.8 Å². The van der Waals surface area contributed by atoms with Crippen molar-refractivity contribution in [3.05, 3.63) is 35.4 Å². The maximum absolute atomic E-state index is 13.2. The summed E-state index contributed by atoms with van der Waals surface area (Å²) in [6.45, 7) is 4.85. The van der Waals surface area contributed by atoms with Gasteiger partial charge in [-0.05, 0) is 37.3 Å². The number of fused-ring (bicyclic) bond motifs is 2. The van der Waals surface area contributed by atoms with Crippen LogP contribution in [0.2, 0.25) is 0 Å². The molecular weight excluding hydrogens is 398 g/mol. The Labute approximate surface area is 181 Å². The van der Waals surface area contributed by atoms with Gasteiger partial charge in [-0.15, -0.1) is 0 Å². The number of hydrogen-bond acceptors (Lipinski definition) is 5. The zero-order valence-corrected chi connectivity index (χ0v) is 17.9. The number of likely N-dealkylation sites (N-methyl/N-ethyl adjacent to an activating group) is 1. The lowest BCUT2D eigenvalue weighted by molar-refractivity contribution is -0.139. The van der Waals surface area contributed by atoms with Gasteiger partial charge in [-0.1, -0.05) is 24.3 Å². The second kappa shape index (κ2) is 8.66. The zero-order chi connectivity index (χ0) is 22.0. The first-order valence-electron chi connectivity index (χ1n) is 10.9. The number of urea groups is 1. The molecule has 1 unspecified atom stereocenters. The molecule has 9 heteroatoms. The van der Waals surface area contributed by atoms with Crippen LogP contribution in [0.1, 0.15) is 30.9 Å². The van der Waals surface area contributed by atoms with Crippen LogP contribution < -0.4 is 10.6 Å². The smallest absolute Gasteiger partial charge is 0.325 e. The third-order valence-corrected chi connectivity index (χ3v) is 6.40. The number of aryl methyl sites for hydroxylation is 1. The van der Waals surface area contributed by atoms with Gasteiger partial charge in [-0.25, -0.2) is 4.79 Å². The number of amides is 5. The van der Waals surface area contributed by atoms with Crippen molar-refractivity contribution in [2.75, 3.05) is 45.8 Å². The summed E-state index contributed by atoms with van der Waals surface area (Å²) in [5.41, 5.74) is 0.846. The molecule has 2 N–H and O–H groups in total. The van der Waals surface area contributed by atoms with E-state index in [1.807, 2.05) is 36.1 Å². The number of carbonyl (C=O) groups is 4. The Morgan fingerprint density at radius 2 is 1.90 bits per heavy atom. The lowest BCUT2D eigenvalue weighted by Crippen LogP contribution is -2.46. The second-order valence-corrected chi connectivity index (χ2v) is 8.35. The van der Waals surface area contributed by atoms with Crippen molar-refractivity contribution >= 4 is 23.8 Å². The van der Waals surface area contributed by atoms with E-state index in [9.17, 15) is 19.2 Å². The van der Waals surface area contributed by atoms with E-state index in [0.29, 0.717) is 39.1 Å². The van der Waals surface area contributed by atoms with Crippen LogP contribution in [0.25, 0.3) is 0 Å². The quantitative estimate of drug-likeness (QED) is 0.647. The summed E-state index contributed by atoms with van der Waals surface area (Å²) in [4.78, 5) is 55.4. The van der Waals surface area contributed by atoms with Crippen LogP contribution in [-0.4, -0.2) is 84.3 Å². The molecule has 2 aliphatic heterocycles. The van der Waals surface area contributed by atoms with Crippen LogP contribution >= 0.6 is 0 Å². The lowest BCUT2D eigenvalue weighted by Gasteiger charge is -2.25. The molecule has 2 saturated heterocycles. The summed E-state index contributed by atoms with van der Waals surface area (Å²) in [7, 11) is 0. The van der Waals surface area contributed by atoms with Crippen molar-refractivity contribution in [2.45, 2.75) is 31.7 Å². The van der Waals surface area contributed by atoms with Crippen LogP contribution in [-0.2, 0) is 26.3 Å². The number of rotatable bonds is 5. The monoisotopic (exact) mass is 427 g/mol. The normalized spacial score (nSPS) is 23.6. The third-order valence-electron chi connectivity index (χ3n) is 6.40. The van der Waals surface area contributed by atoms with Crippen molar-refractivity contribution < 1.29 is 19.2 Å². The molecule has 0 aromatic heterocycles. The molecule has 0 bridgehead atoms. The molecule has 31 heavy (non-hydrogen) atoms. The Hall–Kier alpha value is -2.94. The summed E-state index contributed by atoms with van der Waals surface area (Å²) in [6.07, 6.45) is 1.97. The molecule has 1 aliphatic carbocycles. The first-order valence-corrected chi connectivity index (χ1v) is 10.9. The maximum Gasteiger partial charge on any atom is 0.325 e. The molecule has 166 valence electrons. The predicted molar refractivity (Wildman–Crippen MR) is 113 cm³/mol. The number of benzene rings is 1. The molecule has 4 rings (SSSR count). The summed E-state index contributed by atoms with van der Waals surface area (Å²) in [5.74, 6) is -0.612. The Bertz CT molecular complexity index is 904. The van der Waals surface area contributed by atoms with Gasteiger partial charge in [0.05, 0.1) is 6.54 Å². The minimum atomic E-state index is -1.05. The average Bonchev–Trinajstić information content (AvgIpc) is 3.10. The maximum atomic E-state index is 13.2. The first kappa shape index (κ1) is 21.3. The molecule has 0 saturated carbocycles. The summed E-state index contributed by atoms with van der Waals surface area (Å²) >= 11 is 0. The van der Waals surface area contributed by atoms with E-state index < -0.39 is 11.6 Å². The number of carbonyl (C=O) groups excluding carboxylic acids is 4. The van der Waals surface area contributed by atoms with Crippen molar-refractivity contribution in [3.63, 3.8) is 0 Å². The molecule has 0 radical (unpaired) electrons. The van der Waals surface area contributed by atoms with Gasteiger partial charge in [0, 0.05) is 32.7 Å². The standard InChI is InChI=1S/C22H29N5O4/c1-2-23-18(28)14-25-10-5-11-26(13-12-25)19(29)15-27-20(30)22(24-21(27)31)9-8-16-6-3-4-7-17(16)22/h3-4,6-7H,2,5,8-15H2,1H3,(H,23,28)(H,24,31). The fourth-order valence-corrected chi connectivity index (χ4v) is 4.80. The fraction of sp³-hybridized carbons (Fsp3) is 0.545. The molecule has 1 aromatic rings. The van der Waals surface area contributed by atoms with Crippen LogP contribution in [0.5, 0.6) is 0 Å². The molecular formula is C22H29N5O4. The minimum Gasteiger partial charge on any atom is -0.355 e. The summed E-state index contributed by atoms with van der Waals surface area (Å²) < 4.78 is 0. The molecule has 1 atom stereocenters. The van der Waals surface area contributed by atoms with E-state index in [2.05, 4.69) is 10.6 Å². The fourth-order valence-electron chi connectivity index (χ4n) is 4.80. The van der Waals surface area contributed by atoms with Crippen LogP contribution in [0.15, 0.2) is 24.3 Å². The van der Waals surface area contributed by atoms with Gasteiger partial charge < -0.3 is 15.5 Å².